The van der Waals surface area contributed by atoms with Gasteiger partial charge < -0.3 is 9.47 Å². The number of hydrogen-bond acceptors (Lipinski definition) is 7. The van der Waals surface area contributed by atoms with Crippen molar-refractivity contribution >= 4 is 34.1 Å². The highest BCUT2D eigenvalue weighted by Gasteiger charge is 2.20. The number of esters is 1. The summed E-state index contributed by atoms with van der Waals surface area (Å²) in [5.41, 5.74) is 2.57. The van der Waals surface area contributed by atoms with E-state index in [9.17, 15) is 9.59 Å². The van der Waals surface area contributed by atoms with E-state index in [1.807, 2.05) is 83.3 Å². The normalized spacial score (nSPS) is 13.3. The third-order valence-electron chi connectivity index (χ3n) is 5.51. The van der Waals surface area contributed by atoms with E-state index in [0.29, 0.717) is 5.88 Å². The molecule has 1 aliphatic rings. The zero-order valence-corrected chi connectivity index (χ0v) is 23.4. The van der Waals surface area contributed by atoms with Crippen molar-refractivity contribution < 1.29 is 19.1 Å². The average molecular weight is 513 g/mol. The van der Waals surface area contributed by atoms with Gasteiger partial charge in [0.05, 0.1) is 27.9 Å². The number of nitrogens with zero attached hydrogens (tertiary/aromatic N) is 2. The molecule has 7 heteroatoms. The quantitative estimate of drug-likeness (QED) is 0.318. The number of ketones is 1. The summed E-state index contributed by atoms with van der Waals surface area (Å²) in [5.74, 6) is 1.06. The Bertz CT molecular complexity index is 1090. The van der Waals surface area contributed by atoms with Gasteiger partial charge in [0.25, 0.3) is 0 Å². The maximum absolute atomic E-state index is 11.1. The van der Waals surface area contributed by atoms with E-state index in [0.717, 1.165) is 34.4 Å². The SMILES string of the molecule is CC(=O)C(C)C.CC(C)C(=O)OC1CCCC1.CC(C)Oc1nc2ccccc2nc1-c1cccs1. The first-order valence-corrected chi connectivity index (χ1v) is 13.6. The maximum atomic E-state index is 11.1. The van der Waals surface area contributed by atoms with Gasteiger partial charge in [-0.1, -0.05) is 45.9 Å². The molecule has 2 aromatic heterocycles. The Balaban J connectivity index is 0.000000227. The van der Waals surface area contributed by atoms with Gasteiger partial charge in [-0.15, -0.1) is 11.3 Å². The van der Waals surface area contributed by atoms with Crippen LogP contribution >= 0.6 is 11.3 Å². The zero-order valence-electron chi connectivity index (χ0n) is 22.6. The number of carbonyl (C=O) groups is 2. The molecule has 36 heavy (non-hydrogen) atoms. The first kappa shape index (κ1) is 29.4. The molecule has 0 unspecified atom stereocenters. The lowest BCUT2D eigenvalue weighted by atomic mass is 10.1. The van der Waals surface area contributed by atoms with Crippen LogP contribution in [-0.2, 0) is 14.3 Å². The minimum atomic E-state index is -0.0445. The molecule has 0 saturated heterocycles. The summed E-state index contributed by atoms with van der Waals surface area (Å²) in [7, 11) is 0. The van der Waals surface area contributed by atoms with Crippen LogP contribution < -0.4 is 4.74 Å². The molecule has 4 rings (SSSR count). The fourth-order valence-electron chi connectivity index (χ4n) is 3.17. The van der Waals surface area contributed by atoms with Crippen molar-refractivity contribution in [3.8, 4) is 16.5 Å². The summed E-state index contributed by atoms with van der Waals surface area (Å²) in [6.45, 7) is 13.1. The molecule has 0 amide bonds. The molecule has 1 aliphatic carbocycles. The van der Waals surface area contributed by atoms with Crippen molar-refractivity contribution in [2.24, 2.45) is 11.8 Å². The van der Waals surface area contributed by atoms with Crippen LogP contribution in [0.5, 0.6) is 5.88 Å². The highest BCUT2D eigenvalue weighted by Crippen LogP contribution is 2.32. The van der Waals surface area contributed by atoms with E-state index < -0.39 is 0 Å². The molecule has 2 heterocycles. The summed E-state index contributed by atoms with van der Waals surface area (Å²) in [4.78, 5) is 31.6. The molecule has 6 nitrogen and oxygen atoms in total. The van der Waals surface area contributed by atoms with Crippen molar-refractivity contribution in [2.75, 3.05) is 0 Å². The molecule has 0 radical (unpaired) electrons. The Labute approximate surface area is 219 Å². The standard InChI is InChI=1S/C15H14N2OS.C9H16O2.C5H10O/c1-10(2)18-15-14(13-8-5-9-19-13)16-11-6-3-4-7-12(11)17-15;1-7(2)9(10)11-8-5-3-4-6-8;1-4(2)5(3)6/h3-10H,1-2H3;7-8H,3-6H2,1-2H3;4H,1-3H3. The third-order valence-corrected chi connectivity index (χ3v) is 6.39. The van der Waals surface area contributed by atoms with Crippen LogP contribution in [0.1, 0.15) is 74.1 Å². The predicted molar refractivity (Wildman–Crippen MR) is 147 cm³/mol. The summed E-state index contributed by atoms with van der Waals surface area (Å²) < 4.78 is 11.0. The van der Waals surface area contributed by atoms with E-state index in [1.54, 1.807) is 18.3 Å². The fraction of sp³-hybridized carbons (Fsp3) is 0.517. The van der Waals surface area contributed by atoms with Gasteiger partial charge in [0.2, 0.25) is 5.88 Å². The second-order valence-corrected chi connectivity index (χ2v) is 10.7. The second-order valence-electron chi connectivity index (χ2n) is 9.77. The molecule has 0 N–H and O–H groups in total. The van der Waals surface area contributed by atoms with Crippen LogP contribution in [0.4, 0.5) is 0 Å². The van der Waals surface area contributed by atoms with Crippen LogP contribution in [0.3, 0.4) is 0 Å². The van der Waals surface area contributed by atoms with Crippen LogP contribution in [0.15, 0.2) is 41.8 Å². The molecule has 196 valence electrons. The molecule has 0 atom stereocenters. The maximum Gasteiger partial charge on any atom is 0.308 e. The first-order chi connectivity index (χ1) is 17.1. The summed E-state index contributed by atoms with van der Waals surface area (Å²) in [5, 5.41) is 2.03. The van der Waals surface area contributed by atoms with Gasteiger partial charge in [-0.3, -0.25) is 9.59 Å². The Kier molecular flexibility index (Phi) is 12.0. The molecule has 0 bridgehead atoms. The van der Waals surface area contributed by atoms with E-state index in [1.165, 1.54) is 12.8 Å². The highest BCUT2D eigenvalue weighted by molar-refractivity contribution is 7.13. The number of rotatable bonds is 6. The predicted octanol–water partition coefficient (Wildman–Crippen LogP) is 7.51. The molecule has 1 fully saturated rings. The van der Waals surface area contributed by atoms with Gasteiger partial charge in [0.15, 0.2) is 0 Å². The molecule has 0 aliphatic heterocycles. The molecule has 0 spiro atoms. The monoisotopic (exact) mass is 512 g/mol. The number of thiophene rings is 1. The van der Waals surface area contributed by atoms with Crippen LogP contribution in [0, 0.1) is 11.8 Å². The number of hydrogen-bond donors (Lipinski definition) is 0. The van der Waals surface area contributed by atoms with Crippen molar-refractivity contribution in [3.05, 3.63) is 41.8 Å². The number of benzene rings is 1. The van der Waals surface area contributed by atoms with Gasteiger partial charge in [-0.05, 0) is 70.0 Å². The van der Waals surface area contributed by atoms with Gasteiger partial charge in [-0.2, -0.15) is 0 Å². The van der Waals surface area contributed by atoms with Gasteiger partial charge in [-0.25, -0.2) is 9.97 Å². The van der Waals surface area contributed by atoms with Crippen LogP contribution in [0.25, 0.3) is 21.6 Å². The van der Waals surface area contributed by atoms with Crippen LogP contribution in [0.2, 0.25) is 0 Å². The lowest BCUT2D eigenvalue weighted by Crippen LogP contribution is -2.18. The minimum Gasteiger partial charge on any atom is -0.473 e. The van der Waals surface area contributed by atoms with Crippen molar-refractivity contribution in [3.63, 3.8) is 0 Å². The molecular weight excluding hydrogens is 472 g/mol. The Morgan fingerprint density at radius 2 is 1.47 bits per heavy atom. The van der Waals surface area contributed by atoms with E-state index >= 15 is 0 Å². The Morgan fingerprint density at radius 3 is 1.94 bits per heavy atom. The van der Waals surface area contributed by atoms with Crippen molar-refractivity contribution in [2.45, 2.75) is 86.4 Å². The van der Waals surface area contributed by atoms with Gasteiger partial charge >= 0.3 is 5.97 Å². The lowest BCUT2D eigenvalue weighted by molar-refractivity contribution is -0.152. The number of para-hydroxylation sites is 2. The number of ether oxygens (including phenoxy) is 2. The third kappa shape index (κ3) is 9.69. The molecule has 1 aromatic carbocycles. The van der Waals surface area contributed by atoms with E-state index in [-0.39, 0.29) is 35.8 Å². The Hall–Kier alpha value is -2.80. The largest absolute Gasteiger partial charge is 0.473 e. The van der Waals surface area contributed by atoms with Crippen molar-refractivity contribution in [1.82, 2.24) is 9.97 Å². The number of fused-ring (bicyclic) bond motifs is 1. The molecule has 1 saturated carbocycles. The first-order valence-electron chi connectivity index (χ1n) is 12.8. The lowest BCUT2D eigenvalue weighted by Gasteiger charge is -2.12. The summed E-state index contributed by atoms with van der Waals surface area (Å²) in [6.07, 6.45) is 4.88. The fourth-order valence-corrected chi connectivity index (χ4v) is 3.88. The molecular formula is C29H40N2O4S. The molecule has 3 aromatic rings. The Morgan fingerprint density at radius 1 is 0.889 bits per heavy atom. The smallest absolute Gasteiger partial charge is 0.308 e. The van der Waals surface area contributed by atoms with E-state index in [4.69, 9.17) is 14.5 Å². The van der Waals surface area contributed by atoms with Crippen molar-refractivity contribution in [1.29, 1.82) is 0 Å². The summed E-state index contributed by atoms with van der Waals surface area (Å²) >= 11 is 1.64. The van der Waals surface area contributed by atoms with E-state index in [2.05, 4.69) is 4.98 Å². The van der Waals surface area contributed by atoms with Gasteiger partial charge in [0.1, 0.15) is 17.6 Å². The van der Waals surface area contributed by atoms with Gasteiger partial charge in [0, 0.05) is 5.92 Å². The zero-order chi connectivity index (χ0) is 26.7. The van der Waals surface area contributed by atoms with Crippen LogP contribution in [-0.4, -0.2) is 33.9 Å². The minimum absolute atomic E-state index is 0.0237. The number of carbonyl (C=O) groups excluding carboxylic acids is 2. The average Bonchev–Trinajstić information content (AvgIpc) is 3.53. The highest BCUT2D eigenvalue weighted by atomic mass is 32.1. The number of Topliss-reactive ketones (excluding diaryl/α,β-unsaturated/α-hetero) is 1. The summed E-state index contributed by atoms with van der Waals surface area (Å²) in [6, 6.07) is 11.9. The topological polar surface area (TPSA) is 78.4 Å². The number of aromatic nitrogens is 2. The second kappa shape index (κ2) is 14.7.